The molecule has 0 spiro atoms. The molecule has 0 bridgehead atoms. The zero-order chi connectivity index (χ0) is 22.8. The number of benzene rings is 1. The first kappa shape index (κ1) is 21.3. The quantitative estimate of drug-likeness (QED) is 0.473. The number of nitrogens with zero attached hydrogens (tertiary/aromatic N) is 3. The molecule has 168 valence electrons. The van der Waals surface area contributed by atoms with Crippen LogP contribution in [0.1, 0.15) is 24.0 Å². The molecule has 1 aliphatic heterocycles. The summed E-state index contributed by atoms with van der Waals surface area (Å²) in [6.45, 7) is 3.91. The van der Waals surface area contributed by atoms with Crippen LogP contribution in [0.3, 0.4) is 0 Å². The lowest BCUT2D eigenvalue weighted by Gasteiger charge is -2.31. The van der Waals surface area contributed by atoms with Gasteiger partial charge in [0, 0.05) is 48.9 Å². The van der Waals surface area contributed by atoms with Gasteiger partial charge in [-0.25, -0.2) is 4.98 Å². The normalized spacial score (nSPS) is 14.5. The van der Waals surface area contributed by atoms with Crippen LogP contribution in [0.15, 0.2) is 59.0 Å². The Morgan fingerprint density at radius 2 is 2.00 bits per heavy atom. The molecular formula is C25H25N5O2S. The fraction of sp³-hybridized carbons (Fsp3) is 0.280. The van der Waals surface area contributed by atoms with E-state index in [9.17, 15) is 9.59 Å². The van der Waals surface area contributed by atoms with Crippen molar-refractivity contribution in [3.05, 3.63) is 75.7 Å². The predicted molar refractivity (Wildman–Crippen MR) is 131 cm³/mol. The van der Waals surface area contributed by atoms with Gasteiger partial charge in [0.05, 0.1) is 5.52 Å². The lowest BCUT2D eigenvalue weighted by molar-refractivity contribution is -0.125. The maximum Gasteiger partial charge on any atom is 0.270 e. The average Bonchev–Trinajstić information content (AvgIpc) is 3.28. The molecule has 3 aromatic heterocycles. The monoisotopic (exact) mass is 459 g/mol. The first-order valence-corrected chi connectivity index (χ1v) is 12.0. The highest BCUT2D eigenvalue weighted by atomic mass is 32.1. The van der Waals surface area contributed by atoms with Crippen molar-refractivity contribution in [2.24, 2.45) is 5.92 Å². The fourth-order valence-electron chi connectivity index (χ4n) is 4.27. The predicted octanol–water partition coefficient (Wildman–Crippen LogP) is 3.89. The van der Waals surface area contributed by atoms with Crippen molar-refractivity contribution >= 4 is 33.4 Å². The van der Waals surface area contributed by atoms with Crippen molar-refractivity contribution in [2.45, 2.75) is 26.3 Å². The van der Waals surface area contributed by atoms with Gasteiger partial charge in [0.1, 0.15) is 4.70 Å². The number of thiophene rings is 1. The van der Waals surface area contributed by atoms with Gasteiger partial charge >= 0.3 is 0 Å². The van der Waals surface area contributed by atoms with E-state index in [1.807, 2.05) is 29.6 Å². The molecule has 33 heavy (non-hydrogen) atoms. The van der Waals surface area contributed by atoms with Crippen LogP contribution >= 0.6 is 11.3 Å². The number of rotatable bonds is 5. The van der Waals surface area contributed by atoms with Crippen molar-refractivity contribution in [2.75, 3.05) is 18.0 Å². The number of aryl methyl sites for hydroxylation is 1. The van der Waals surface area contributed by atoms with Gasteiger partial charge in [0.25, 0.3) is 5.56 Å². The van der Waals surface area contributed by atoms with E-state index in [0.29, 0.717) is 30.3 Å². The summed E-state index contributed by atoms with van der Waals surface area (Å²) in [7, 11) is 0. The standard InChI is InChI=1S/C25H25N5O2S/c1-16-3-2-4-19(13-16)20-15-33-22-21(20)28-25(29-24(22)32)30-11-7-18(8-12-30)23(31)27-14-17-5-9-26-10-6-17/h2-6,9-10,13,15,18H,7-8,11-12,14H2,1H3,(H,27,31)(H,28,29,32). The van der Waals surface area contributed by atoms with Gasteiger partial charge in [0.2, 0.25) is 11.9 Å². The molecule has 5 rings (SSSR count). The molecule has 2 N–H and O–H groups in total. The highest BCUT2D eigenvalue weighted by Crippen LogP contribution is 2.32. The first-order chi connectivity index (χ1) is 16.1. The maximum absolute atomic E-state index is 12.8. The molecule has 1 aromatic carbocycles. The van der Waals surface area contributed by atoms with E-state index < -0.39 is 0 Å². The average molecular weight is 460 g/mol. The second kappa shape index (κ2) is 9.15. The Morgan fingerprint density at radius 1 is 1.21 bits per heavy atom. The van der Waals surface area contributed by atoms with E-state index in [-0.39, 0.29) is 17.4 Å². The van der Waals surface area contributed by atoms with Gasteiger partial charge in [-0.1, -0.05) is 29.8 Å². The number of hydrogen-bond acceptors (Lipinski definition) is 6. The SMILES string of the molecule is Cc1cccc(-c2csc3c(=O)[nH]c(N4CCC(C(=O)NCc5ccncc5)CC4)nc23)c1. The molecule has 1 aliphatic rings. The third-order valence-electron chi connectivity index (χ3n) is 6.12. The van der Waals surface area contributed by atoms with Gasteiger partial charge in [-0.2, -0.15) is 0 Å². The largest absolute Gasteiger partial charge is 0.352 e. The van der Waals surface area contributed by atoms with Crippen molar-refractivity contribution in [3.8, 4) is 11.1 Å². The molecule has 0 radical (unpaired) electrons. The van der Waals surface area contributed by atoms with Crippen LogP contribution in [0.4, 0.5) is 5.95 Å². The first-order valence-electron chi connectivity index (χ1n) is 11.1. The number of aromatic nitrogens is 3. The Balaban J connectivity index is 1.30. The summed E-state index contributed by atoms with van der Waals surface area (Å²) in [6.07, 6.45) is 4.89. The zero-order valence-corrected chi connectivity index (χ0v) is 19.2. The van der Waals surface area contributed by atoms with Crippen molar-refractivity contribution < 1.29 is 4.79 Å². The maximum atomic E-state index is 12.8. The summed E-state index contributed by atoms with van der Waals surface area (Å²) in [5.41, 5.74) is 4.87. The number of hydrogen-bond donors (Lipinski definition) is 2. The van der Waals surface area contributed by atoms with E-state index in [0.717, 1.165) is 35.0 Å². The van der Waals surface area contributed by atoms with E-state index in [4.69, 9.17) is 4.98 Å². The summed E-state index contributed by atoms with van der Waals surface area (Å²) >= 11 is 1.42. The summed E-state index contributed by atoms with van der Waals surface area (Å²) in [4.78, 5) is 39.3. The highest BCUT2D eigenvalue weighted by Gasteiger charge is 2.26. The van der Waals surface area contributed by atoms with E-state index in [2.05, 4.69) is 39.2 Å². The Kier molecular flexibility index (Phi) is 5.92. The molecule has 1 amide bonds. The summed E-state index contributed by atoms with van der Waals surface area (Å²) in [6, 6.07) is 12.0. The molecule has 0 atom stereocenters. The van der Waals surface area contributed by atoms with Crippen molar-refractivity contribution in [3.63, 3.8) is 0 Å². The topological polar surface area (TPSA) is 91.0 Å². The van der Waals surface area contributed by atoms with Gasteiger partial charge in [0.15, 0.2) is 0 Å². The lowest BCUT2D eigenvalue weighted by Crippen LogP contribution is -2.41. The molecule has 0 unspecified atom stereocenters. The number of H-pyrrole nitrogens is 1. The second-order valence-electron chi connectivity index (χ2n) is 8.42. The number of anilines is 1. The molecule has 1 fully saturated rings. The minimum atomic E-state index is -0.115. The van der Waals surface area contributed by atoms with E-state index >= 15 is 0 Å². The third kappa shape index (κ3) is 4.52. The van der Waals surface area contributed by atoms with Gasteiger partial charge in [-0.15, -0.1) is 11.3 Å². The summed E-state index contributed by atoms with van der Waals surface area (Å²) < 4.78 is 0.639. The Hall–Kier alpha value is -3.52. The highest BCUT2D eigenvalue weighted by molar-refractivity contribution is 7.17. The number of pyridine rings is 1. The van der Waals surface area contributed by atoms with Crippen molar-refractivity contribution in [1.29, 1.82) is 0 Å². The van der Waals surface area contributed by atoms with Crippen molar-refractivity contribution in [1.82, 2.24) is 20.3 Å². The summed E-state index contributed by atoms with van der Waals surface area (Å²) in [5.74, 6) is 0.612. The zero-order valence-electron chi connectivity index (χ0n) is 18.4. The third-order valence-corrected chi connectivity index (χ3v) is 7.09. The second-order valence-corrected chi connectivity index (χ2v) is 9.30. The smallest absolute Gasteiger partial charge is 0.270 e. The van der Waals surface area contributed by atoms with Crippen LogP contribution in [0.2, 0.25) is 0 Å². The number of nitrogens with one attached hydrogen (secondary N) is 2. The van der Waals surface area contributed by atoms with Crippen LogP contribution < -0.4 is 15.8 Å². The molecule has 1 saturated heterocycles. The number of amides is 1. The molecule has 0 aliphatic carbocycles. The van der Waals surface area contributed by atoms with Gasteiger partial charge in [-0.05, 0) is 43.0 Å². The van der Waals surface area contributed by atoms with Gasteiger partial charge < -0.3 is 10.2 Å². The molecular weight excluding hydrogens is 434 g/mol. The Labute approximate surface area is 195 Å². The number of piperidine rings is 1. The van der Waals surface area contributed by atoms with Gasteiger partial charge in [-0.3, -0.25) is 19.6 Å². The Morgan fingerprint density at radius 3 is 2.76 bits per heavy atom. The molecule has 7 nitrogen and oxygen atoms in total. The molecule has 4 aromatic rings. The minimum absolute atomic E-state index is 0.0393. The lowest BCUT2D eigenvalue weighted by atomic mass is 9.96. The van der Waals surface area contributed by atoms with Crippen LogP contribution in [0.25, 0.3) is 21.3 Å². The molecule has 8 heteroatoms. The van der Waals surface area contributed by atoms with Crippen LogP contribution in [0, 0.1) is 12.8 Å². The number of carbonyl (C=O) groups is 1. The number of fused-ring (bicyclic) bond motifs is 1. The molecule has 4 heterocycles. The van der Waals surface area contributed by atoms with Crippen LogP contribution in [-0.2, 0) is 11.3 Å². The Bertz CT molecular complexity index is 1340. The van der Waals surface area contributed by atoms with Crippen LogP contribution in [0.5, 0.6) is 0 Å². The minimum Gasteiger partial charge on any atom is -0.352 e. The summed E-state index contributed by atoms with van der Waals surface area (Å²) in [5, 5.41) is 5.03. The van der Waals surface area contributed by atoms with E-state index in [1.165, 1.54) is 16.9 Å². The van der Waals surface area contributed by atoms with E-state index in [1.54, 1.807) is 12.4 Å². The molecule has 0 saturated carbocycles. The van der Waals surface area contributed by atoms with Crippen LogP contribution in [-0.4, -0.2) is 33.9 Å². The fourth-order valence-corrected chi connectivity index (χ4v) is 5.18. The number of carbonyl (C=O) groups excluding carboxylic acids is 1. The number of aromatic amines is 1.